The van der Waals surface area contributed by atoms with Gasteiger partial charge >= 0.3 is 5.97 Å². The third-order valence-corrected chi connectivity index (χ3v) is 2.29. The quantitative estimate of drug-likeness (QED) is 0.632. The molecule has 2 N–H and O–H groups in total. The molecule has 94 valence electrons. The molecule has 0 bridgehead atoms. The van der Waals surface area contributed by atoms with E-state index in [9.17, 15) is 9.18 Å². The molecule has 0 aliphatic heterocycles. The molecule has 1 rings (SSSR count). The van der Waals surface area contributed by atoms with Crippen molar-refractivity contribution in [1.82, 2.24) is 0 Å². The number of hydrogen-bond acceptors (Lipinski definition) is 4. The van der Waals surface area contributed by atoms with Crippen LogP contribution in [-0.4, -0.2) is 19.8 Å². The molecule has 1 aromatic rings. The fourth-order valence-corrected chi connectivity index (χ4v) is 1.44. The SMILES string of the molecule is COc1cc([C@H](N)CCF)ccc1OC(C)=O. The highest BCUT2D eigenvalue weighted by atomic mass is 19.1. The Kier molecular flexibility index (Phi) is 4.90. The lowest BCUT2D eigenvalue weighted by molar-refractivity contribution is -0.132. The standard InChI is InChI=1S/C12H16FNO3/c1-8(15)17-11-4-3-9(7-12(11)16-2)10(14)5-6-13/h3-4,7,10H,5-6,14H2,1-2H3/t10-/m1/s1. The van der Waals surface area contributed by atoms with E-state index in [1.165, 1.54) is 14.0 Å². The average Bonchev–Trinajstić information content (AvgIpc) is 2.29. The van der Waals surface area contributed by atoms with Gasteiger partial charge in [-0.1, -0.05) is 6.07 Å². The van der Waals surface area contributed by atoms with Gasteiger partial charge in [0.15, 0.2) is 11.5 Å². The van der Waals surface area contributed by atoms with Crippen molar-refractivity contribution in [2.24, 2.45) is 5.73 Å². The number of hydrogen-bond donors (Lipinski definition) is 1. The molecule has 0 radical (unpaired) electrons. The van der Waals surface area contributed by atoms with Crippen LogP contribution >= 0.6 is 0 Å². The second-order valence-corrected chi connectivity index (χ2v) is 3.59. The predicted octanol–water partition coefficient (Wildman–Crippen LogP) is 1.98. The molecule has 4 nitrogen and oxygen atoms in total. The topological polar surface area (TPSA) is 61.6 Å². The van der Waals surface area contributed by atoms with E-state index in [1.54, 1.807) is 18.2 Å². The van der Waals surface area contributed by atoms with Crippen molar-refractivity contribution in [3.8, 4) is 11.5 Å². The Morgan fingerprint density at radius 3 is 2.71 bits per heavy atom. The van der Waals surface area contributed by atoms with Gasteiger partial charge in [-0.2, -0.15) is 0 Å². The van der Waals surface area contributed by atoms with Gasteiger partial charge < -0.3 is 15.2 Å². The molecule has 0 saturated carbocycles. The number of alkyl halides is 1. The largest absolute Gasteiger partial charge is 0.493 e. The van der Waals surface area contributed by atoms with E-state index in [4.69, 9.17) is 15.2 Å². The number of esters is 1. The molecular formula is C12H16FNO3. The molecule has 1 atom stereocenters. The number of carbonyl (C=O) groups excluding carboxylic acids is 1. The van der Waals surface area contributed by atoms with Gasteiger partial charge in [-0.25, -0.2) is 0 Å². The molecule has 0 heterocycles. The zero-order valence-electron chi connectivity index (χ0n) is 9.90. The maximum atomic E-state index is 12.2. The number of methoxy groups -OCH3 is 1. The number of benzene rings is 1. The van der Waals surface area contributed by atoms with Crippen molar-refractivity contribution < 1.29 is 18.7 Å². The lowest BCUT2D eigenvalue weighted by atomic mass is 10.0. The summed E-state index contributed by atoms with van der Waals surface area (Å²) in [6.07, 6.45) is 0.246. The van der Waals surface area contributed by atoms with Gasteiger partial charge in [-0.3, -0.25) is 9.18 Å². The van der Waals surface area contributed by atoms with Gasteiger partial charge in [-0.05, 0) is 24.1 Å². The van der Waals surface area contributed by atoms with Gasteiger partial charge in [0.1, 0.15) is 0 Å². The Bertz CT molecular complexity index is 395. The average molecular weight is 241 g/mol. The number of ether oxygens (including phenoxy) is 2. The monoisotopic (exact) mass is 241 g/mol. The maximum Gasteiger partial charge on any atom is 0.308 e. The first kappa shape index (κ1) is 13.4. The van der Waals surface area contributed by atoms with Gasteiger partial charge in [0.2, 0.25) is 0 Å². The Labute approximate surface area is 99.5 Å². The molecule has 17 heavy (non-hydrogen) atoms. The first-order valence-electron chi connectivity index (χ1n) is 5.26. The van der Waals surface area contributed by atoms with Crippen molar-refractivity contribution in [3.63, 3.8) is 0 Å². The van der Waals surface area contributed by atoms with E-state index in [0.29, 0.717) is 11.5 Å². The molecule has 0 fully saturated rings. The number of rotatable bonds is 5. The van der Waals surface area contributed by atoms with E-state index < -0.39 is 12.6 Å². The fraction of sp³-hybridized carbons (Fsp3) is 0.417. The zero-order chi connectivity index (χ0) is 12.8. The first-order valence-corrected chi connectivity index (χ1v) is 5.26. The Morgan fingerprint density at radius 1 is 1.47 bits per heavy atom. The van der Waals surface area contributed by atoms with Crippen LogP contribution in [-0.2, 0) is 4.79 Å². The predicted molar refractivity (Wildman–Crippen MR) is 61.8 cm³/mol. The molecule has 0 spiro atoms. The summed E-state index contributed by atoms with van der Waals surface area (Å²) < 4.78 is 22.2. The molecule has 1 aromatic carbocycles. The lowest BCUT2D eigenvalue weighted by Crippen LogP contribution is -2.11. The van der Waals surface area contributed by atoms with Crippen LogP contribution in [0.3, 0.4) is 0 Å². The van der Waals surface area contributed by atoms with E-state index in [2.05, 4.69) is 0 Å². The van der Waals surface area contributed by atoms with Crippen molar-refractivity contribution in [2.45, 2.75) is 19.4 Å². The first-order chi connectivity index (χ1) is 8.08. The minimum Gasteiger partial charge on any atom is -0.493 e. The summed E-state index contributed by atoms with van der Waals surface area (Å²) in [5, 5.41) is 0. The molecule has 0 unspecified atom stereocenters. The summed E-state index contributed by atoms with van der Waals surface area (Å²) in [4.78, 5) is 10.9. The Morgan fingerprint density at radius 2 is 2.18 bits per heavy atom. The van der Waals surface area contributed by atoms with Crippen LogP contribution in [0.5, 0.6) is 11.5 Å². The minimum atomic E-state index is -0.477. The number of nitrogens with two attached hydrogens (primary N) is 1. The van der Waals surface area contributed by atoms with Crippen molar-refractivity contribution in [1.29, 1.82) is 0 Å². The van der Waals surface area contributed by atoms with Crippen molar-refractivity contribution >= 4 is 5.97 Å². The van der Waals surface area contributed by atoms with Crippen LogP contribution in [0.1, 0.15) is 24.9 Å². The van der Waals surface area contributed by atoms with Gasteiger partial charge in [0, 0.05) is 13.0 Å². The summed E-state index contributed by atoms with van der Waals surface area (Å²) in [6.45, 7) is 0.831. The van der Waals surface area contributed by atoms with Gasteiger partial charge in [-0.15, -0.1) is 0 Å². The van der Waals surface area contributed by atoms with E-state index in [1.807, 2.05) is 0 Å². The number of carbonyl (C=O) groups is 1. The fourth-order valence-electron chi connectivity index (χ4n) is 1.44. The summed E-state index contributed by atoms with van der Waals surface area (Å²) in [6, 6.07) is 4.55. The maximum absolute atomic E-state index is 12.2. The molecule has 0 aliphatic carbocycles. The van der Waals surface area contributed by atoms with Crippen LogP contribution in [0.15, 0.2) is 18.2 Å². The Hall–Kier alpha value is -1.62. The van der Waals surface area contributed by atoms with Gasteiger partial charge in [0.05, 0.1) is 13.8 Å². The molecule has 0 saturated heterocycles. The van der Waals surface area contributed by atoms with Crippen LogP contribution < -0.4 is 15.2 Å². The smallest absolute Gasteiger partial charge is 0.308 e. The van der Waals surface area contributed by atoms with Crippen LogP contribution in [0, 0.1) is 0 Å². The van der Waals surface area contributed by atoms with E-state index in [-0.39, 0.29) is 12.5 Å². The molecule has 0 amide bonds. The lowest BCUT2D eigenvalue weighted by Gasteiger charge is -2.13. The highest BCUT2D eigenvalue weighted by Crippen LogP contribution is 2.30. The third-order valence-electron chi connectivity index (χ3n) is 2.29. The number of halogens is 1. The Balaban J connectivity index is 2.95. The highest BCUT2D eigenvalue weighted by Gasteiger charge is 2.12. The minimum absolute atomic E-state index is 0.246. The summed E-state index contributed by atoms with van der Waals surface area (Å²) in [7, 11) is 1.47. The van der Waals surface area contributed by atoms with Crippen LogP contribution in [0.4, 0.5) is 4.39 Å². The summed E-state index contributed by atoms with van der Waals surface area (Å²) >= 11 is 0. The zero-order valence-corrected chi connectivity index (χ0v) is 9.90. The van der Waals surface area contributed by atoms with Gasteiger partial charge in [0.25, 0.3) is 0 Å². The summed E-state index contributed by atoms with van der Waals surface area (Å²) in [5.74, 6) is 0.312. The van der Waals surface area contributed by atoms with Crippen LogP contribution in [0.25, 0.3) is 0 Å². The molecule has 0 aromatic heterocycles. The second-order valence-electron chi connectivity index (χ2n) is 3.59. The molecule has 0 aliphatic rings. The van der Waals surface area contributed by atoms with E-state index in [0.717, 1.165) is 5.56 Å². The normalized spacial score (nSPS) is 12.0. The molecular weight excluding hydrogens is 225 g/mol. The van der Waals surface area contributed by atoms with Crippen LogP contribution in [0.2, 0.25) is 0 Å². The van der Waals surface area contributed by atoms with E-state index >= 15 is 0 Å². The highest BCUT2D eigenvalue weighted by molar-refractivity contribution is 5.70. The van der Waals surface area contributed by atoms with Crippen molar-refractivity contribution in [3.05, 3.63) is 23.8 Å². The summed E-state index contributed by atoms with van der Waals surface area (Å²) in [5.41, 5.74) is 6.52. The second kappa shape index (κ2) is 6.20. The molecule has 5 heteroatoms. The van der Waals surface area contributed by atoms with Crippen molar-refractivity contribution in [2.75, 3.05) is 13.8 Å². The third kappa shape index (κ3) is 3.71.